The summed E-state index contributed by atoms with van der Waals surface area (Å²) in [6.07, 6.45) is 4.59. The number of aliphatic hydroxyl groups is 1. The van der Waals surface area contributed by atoms with Gasteiger partial charge in [0.15, 0.2) is 0 Å². The number of hydrogen-bond acceptors (Lipinski definition) is 5. The van der Waals surface area contributed by atoms with Crippen LogP contribution in [0.25, 0.3) is 16.9 Å². The van der Waals surface area contributed by atoms with E-state index in [0.717, 1.165) is 59.3 Å². The fourth-order valence-electron chi connectivity index (χ4n) is 3.81. The highest BCUT2D eigenvalue weighted by molar-refractivity contribution is 6.30. The molecule has 7 heteroatoms. The maximum atomic E-state index is 9.84. The van der Waals surface area contributed by atoms with Crippen molar-refractivity contribution in [3.8, 4) is 34.2 Å². The van der Waals surface area contributed by atoms with Crippen molar-refractivity contribution >= 4 is 11.6 Å². The summed E-state index contributed by atoms with van der Waals surface area (Å²) in [7, 11) is 1.80. The maximum absolute atomic E-state index is 9.84. The number of nitrogens with one attached hydrogen (secondary N) is 1. The van der Waals surface area contributed by atoms with Crippen molar-refractivity contribution in [1.82, 2.24) is 14.9 Å². The van der Waals surface area contributed by atoms with Crippen molar-refractivity contribution in [2.45, 2.75) is 32.3 Å². The number of aliphatic hydroxyl groups excluding tert-OH is 1. The monoisotopic (exact) mass is 505 g/mol. The molecular weight excluding hydrogens is 474 g/mol. The van der Waals surface area contributed by atoms with E-state index in [1.807, 2.05) is 72.8 Å². The summed E-state index contributed by atoms with van der Waals surface area (Å²) in [5.74, 6) is 3.24. The molecule has 0 saturated carbocycles. The fourth-order valence-corrected chi connectivity index (χ4v) is 3.94. The molecule has 0 saturated heterocycles. The highest BCUT2D eigenvalue weighted by Crippen LogP contribution is 2.27. The molecule has 0 bridgehead atoms. The van der Waals surface area contributed by atoms with Gasteiger partial charge in [-0.25, -0.2) is 4.98 Å². The Morgan fingerprint density at radius 1 is 0.944 bits per heavy atom. The summed E-state index contributed by atoms with van der Waals surface area (Å²) < 4.78 is 13.8. The zero-order chi connectivity index (χ0) is 25.3. The van der Waals surface area contributed by atoms with E-state index in [-0.39, 0.29) is 6.61 Å². The first kappa shape index (κ1) is 25.8. The topological polar surface area (TPSA) is 68.5 Å². The van der Waals surface area contributed by atoms with E-state index in [0.29, 0.717) is 11.6 Å². The van der Waals surface area contributed by atoms with Crippen LogP contribution in [0, 0.1) is 0 Å². The van der Waals surface area contributed by atoms with Crippen LogP contribution in [-0.2, 0) is 6.42 Å². The summed E-state index contributed by atoms with van der Waals surface area (Å²) in [4.78, 5) is 4.95. The minimum Gasteiger partial charge on any atom is -0.491 e. The van der Waals surface area contributed by atoms with Crippen molar-refractivity contribution in [2.75, 3.05) is 20.2 Å². The van der Waals surface area contributed by atoms with Crippen molar-refractivity contribution in [3.05, 3.63) is 89.8 Å². The van der Waals surface area contributed by atoms with Gasteiger partial charge in [-0.3, -0.25) is 0 Å². The SMILES string of the molecule is CCCCc1nc(-c2ccc(OC[C@@H](O)CNC)cc2)cn1-c1ccc(Oc2ccc(Cl)cc2)cc1. The molecule has 0 unspecified atom stereocenters. The van der Waals surface area contributed by atoms with Crippen LogP contribution < -0.4 is 14.8 Å². The molecule has 1 atom stereocenters. The second kappa shape index (κ2) is 12.6. The molecule has 0 aliphatic carbocycles. The lowest BCUT2D eigenvalue weighted by molar-refractivity contribution is 0.108. The predicted octanol–water partition coefficient (Wildman–Crippen LogP) is 6.29. The lowest BCUT2D eigenvalue weighted by Gasteiger charge is -2.11. The Balaban J connectivity index is 1.51. The molecule has 188 valence electrons. The van der Waals surface area contributed by atoms with Crippen molar-refractivity contribution in [2.24, 2.45) is 0 Å². The third kappa shape index (κ3) is 6.88. The van der Waals surface area contributed by atoms with Crippen LogP contribution in [0.2, 0.25) is 5.02 Å². The number of imidazole rings is 1. The number of rotatable bonds is 12. The number of unbranched alkanes of at least 4 members (excludes halogenated alkanes) is 1. The van der Waals surface area contributed by atoms with E-state index in [1.54, 1.807) is 7.05 Å². The Hall–Kier alpha value is -3.32. The first-order valence-corrected chi connectivity index (χ1v) is 12.6. The van der Waals surface area contributed by atoms with Gasteiger partial charge in [0.25, 0.3) is 0 Å². The Morgan fingerprint density at radius 3 is 2.22 bits per heavy atom. The minimum absolute atomic E-state index is 0.244. The van der Waals surface area contributed by atoms with E-state index in [2.05, 4.69) is 23.0 Å². The Kier molecular flexibility index (Phi) is 9.01. The number of benzene rings is 3. The number of aromatic nitrogens is 2. The molecular formula is C29H32ClN3O3. The lowest BCUT2D eigenvalue weighted by Crippen LogP contribution is -2.29. The van der Waals surface area contributed by atoms with Gasteiger partial charge in [-0.1, -0.05) is 24.9 Å². The van der Waals surface area contributed by atoms with Gasteiger partial charge in [0.1, 0.15) is 35.8 Å². The molecule has 2 N–H and O–H groups in total. The van der Waals surface area contributed by atoms with Crippen molar-refractivity contribution < 1.29 is 14.6 Å². The second-order valence-electron chi connectivity index (χ2n) is 8.61. The van der Waals surface area contributed by atoms with E-state index >= 15 is 0 Å². The van der Waals surface area contributed by atoms with Gasteiger partial charge in [0, 0.05) is 35.4 Å². The van der Waals surface area contributed by atoms with Gasteiger partial charge in [-0.15, -0.1) is 0 Å². The van der Waals surface area contributed by atoms with Gasteiger partial charge >= 0.3 is 0 Å². The number of aryl methyl sites for hydroxylation is 1. The Labute approximate surface area is 217 Å². The number of nitrogens with zero attached hydrogens (tertiary/aromatic N) is 2. The molecule has 0 amide bonds. The van der Waals surface area contributed by atoms with Crippen LogP contribution in [0.1, 0.15) is 25.6 Å². The molecule has 1 aromatic heterocycles. The first-order chi connectivity index (χ1) is 17.6. The van der Waals surface area contributed by atoms with E-state index < -0.39 is 6.10 Å². The van der Waals surface area contributed by atoms with Crippen LogP contribution in [0.4, 0.5) is 0 Å². The van der Waals surface area contributed by atoms with Gasteiger partial charge in [0.2, 0.25) is 0 Å². The summed E-state index contributed by atoms with van der Waals surface area (Å²) in [5, 5.41) is 13.5. The van der Waals surface area contributed by atoms with Crippen LogP contribution in [0.5, 0.6) is 17.2 Å². The standard InChI is InChI=1S/C29H32ClN3O3/c1-3-4-5-29-32-28(21-6-12-25(13-7-21)35-20-24(34)18-31-2)19-33(29)23-10-16-27(17-11-23)36-26-14-8-22(30)9-15-26/h6-17,19,24,31,34H,3-5,18,20H2,1-2H3/t24-/m0/s1. The summed E-state index contributed by atoms with van der Waals surface area (Å²) in [6, 6.07) is 23.1. The molecule has 4 aromatic rings. The number of hydrogen-bond donors (Lipinski definition) is 2. The normalized spacial score (nSPS) is 11.9. The third-order valence-electron chi connectivity index (χ3n) is 5.73. The zero-order valence-corrected chi connectivity index (χ0v) is 21.4. The molecule has 1 heterocycles. The zero-order valence-electron chi connectivity index (χ0n) is 20.7. The molecule has 4 rings (SSSR count). The molecule has 6 nitrogen and oxygen atoms in total. The second-order valence-corrected chi connectivity index (χ2v) is 9.05. The van der Waals surface area contributed by atoms with Crippen LogP contribution in [0.3, 0.4) is 0 Å². The van der Waals surface area contributed by atoms with Gasteiger partial charge in [0.05, 0.1) is 5.69 Å². The minimum atomic E-state index is -0.547. The van der Waals surface area contributed by atoms with E-state index in [4.69, 9.17) is 26.1 Å². The largest absolute Gasteiger partial charge is 0.491 e. The predicted molar refractivity (Wildman–Crippen MR) is 145 cm³/mol. The van der Waals surface area contributed by atoms with Crippen molar-refractivity contribution in [3.63, 3.8) is 0 Å². The number of halogens is 1. The third-order valence-corrected chi connectivity index (χ3v) is 5.98. The quantitative estimate of drug-likeness (QED) is 0.237. The van der Waals surface area contributed by atoms with Gasteiger partial charge < -0.3 is 24.5 Å². The average Bonchev–Trinajstić information content (AvgIpc) is 3.33. The summed E-state index contributed by atoms with van der Waals surface area (Å²) in [5.41, 5.74) is 2.95. The highest BCUT2D eigenvalue weighted by atomic mass is 35.5. The Bertz CT molecular complexity index is 1220. The molecule has 3 aromatic carbocycles. The molecule has 0 radical (unpaired) electrons. The number of ether oxygens (including phenoxy) is 2. The smallest absolute Gasteiger partial charge is 0.127 e. The molecule has 0 aliphatic rings. The van der Waals surface area contributed by atoms with Crippen LogP contribution >= 0.6 is 11.6 Å². The molecule has 0 spiro atoms. The summed E-state index contributed by atoms with van der Waals surface area (Å²) >= 11 is 5.96. The van der Waals surface area contributed by atoms with Gasteiger partial charge in [-0.05, 0) is 86.3 Å². The van der Waals surface area contributed by atoms with Crippen molar-refractivity contribution in [1.29, 1.82) is 0 Å². The highest BCUT2D eigenvalue weighted by Gasteiger charge is 2.12. The molecule has 36 heavy (non-hydrogen) atoms. The molecule has 0 aliphatic heterocycles. The first-order valence-electron chi connectivity index (χ1n) is 12.2. The van der Waals surface area contributed by atoms with Crippen LogP contribution in [-0.4, -0.2) is 41.0 Å². The van der Waals surface area contributed by atoms with Gasteiger partial charge in [-0.2, -0.15) is 0 Å². The Morgan fingerprint density at radius 2 is 1.58 bits per heavy atom. The lowest BCUT2D eigenvalue weighted by atomic mass is 10.1. The maximum Gasteiger partial charge on any atom is 0.127 e. The van der Waals surface area contributed by atoms with E-state index in [1.165, 1.54) is 0 Å². The van der Waals surface area contributed by atoms with Crippen LogP contribution in [0.15, 0.2) is 79.0 Å². The molecule has 0 fully saturated rings. The van der Waals surface area contributed by atoms with E-state index in [9.17, 15) is 5.11 Å². The summed E-state index contributed by atoms with van der Waals surface area (Å²) in [6.45, 7) is 2.92. The number of likely N-dealkylation sites (N-methyl/N-ethyl adjacent to an activating group) is 1. The average molecular weight is 506 g/mol. The fraction of sp³-hybridized carbons (Fsp3) is 0.276.